The molecule has 4 unspecified atom stereocenters. The SMILES string of the molecule is NC(N)=NCCC[C@H](NCC(O)C(O)C(O)C(O)CO)C(=O)O. The van der Waals surface area contributed by atoms with Crippen LogP contribution in [0.4, 0.5) is 0 Å². The van der Waals surface area contributed by atoms with E-state index in [2.05, 4.69) is 10.3 Å². The monoisotopic (exact) mass is 338 g/mol. The van der Waals surface area contributed by atoms with Gasteiger partial charge < -0.3 is 47.4 Å². The smallest absolute Gasteiger partial charge is 0.320 e. The van der Waals surface area contributed by atoms with Crippen LogP contribution in [0, 0.1) is 0 Å². The summed E-state index contributed by atoms with van der Waals surface area (Å²) in [6.45, 7) is -0.878. The number of carboxylic acids is 1. The molecule has 0 aromatic heterocycles. The van der Waals surface area contributed by atoms with E-state index in [4.69, 9.17) is 21.7 Å². The summed E-state index contributed by atoms with van der Waals surface area (Å²) in [5, 5.41) is 58.2. The van der Waals surface area contributed by atoms with Crippen molar-refractivity contribution >= 4 is 11.9 Å². The van der Waals surface area contributed by atoms with Crippen LogP contribution in [-0.4, -0.2) is 92.7 Å². The minimum atomic E-state index is -1.76. The molecule has 5 atom stereocenters. The van der Waals surface area contributed by atoms with Gasteiger partial charge in [0.25, 0.3) is 0 Å². The van der Waals surface area contributed by atoms with Crippen LogP contribution in [0.5, 0.6) is 0 Å². The molecule has 0 heterocycles. The lowest BCUT2D eigenvalue weighted by Crippen LogP contribution is -2.51. The number of aliphatic hydroxyl groups is 5. The Morgan fingerprint density at radius 1 is 1.09 bits per heavy atom. The lowest BCUT2D eigenvalue weighted by atomic mass is 10.0. The molecule has 0 aromatic rings. The second-order valence-electron chi connectivity index (χ2n) is 5.05. The maximum absolute atomic E-state index is 11.1. The number of carbonyl (C=O) groups is 1. The van der Waals surface area contributed by atoms with E-state index in [0.717, 1.165) is 0 Å². The first-order valence-electron chi connectivity index (χ1n) is 7.05. The fourth-order valence-electron chi connectivity index (χ4n) is 1.76. The summed E-state index contributed by atoms with van der Waals surface area (Å²) in [5.74, 6) is -1.26. The number of guanidine groups is 1. The lowest BCUT2D eigenvalue weighted by molar-refractivity contribution is -0.140. The standard InChI is InChI=1S/C12H26N4O7/c13-12(14)15-3-1-2-6(11(22)23)16-4-7(18)9(20)10(21)8(19)5-17/h6-10,16-21H,1-5H2,(H,22,23)(H4,13,14,15)/t6-,7?,8?,9?,10?/m0/s1. The zero-order chi connectivity index (χ0) is 18.0. The van der Waals surface area contributed by atoms with Crippen LogP contribution in [0.1, 0.15) is 12.8 Å². The number of rotatable bonds is 12. The third-order valence-electron chi connectivity index (χ3n) is 3.14. The molecule has 11 heteroatoms. The minimum Gasteiger partial charge on any atom is -0.480 e. The highest BCUT2D eigenvalue weighted by Crippen LogP contribution is 2.06. The van der Waals surface area contributed by atoms with Gasteiger partial charge in [0, 0.05) is 13.1 Å². The van der Waals surface area contributed by atoms with E-state index in [0.29, 0.717) is 6.42 Å². The molecule has 0 bridgehead atoms. The van der Waals surface area contributed by atoms with Crippen molar-refractivity contribution in [2.24, 2.45) is 16.5 Å². The number of carboxylic acid groups (broad SMARTS) is 1. The van der Waals surface area contributed by atoms with Crippen molar-refractivity contribution < 1.29 is 35.4 Å². The molecule has 0 aliphatic rings. The maximum Gasteiger partial charge on any atom is 0.320 e. The van der Waals surface area contributed by atoms with Gasteiger partial charge in [0.1, 0.15) is 24.4 Å². The summed E-state index contributed by atoms with van der Waals surface area (Å²) in [6, 6.07) is -1.01. The fourth-order valence-corrected chi connectivity index (χ4v) is 1.76. The van der Waals surface area contributed by atoms with E-state index in [9.17, 15) is 25.2 Å². The molecule has 0 aromatic carbocycles. The molecule has 0 spiro atoms. The second kappa shape index (κ2) is 11.1. The van der Waals surface area contributed by atoms with Crippen molar-refractivity contribution in [1.29, 1.82) is 0 Å². The number of aliphatic hydroxyl groups excluding tert-OH is 5. The molecule has 0 aliphatic carbocycles. The first-order valence-corrected chi connectivity index (χ1v) is 7.05. The van der Waals surface area contributed by atoms with Gasteiger partial charge in [0.05, 0.1) is 12.7 Å². The Morgan fingerprint density at radius 2 is 1.65 bits per heavy atom. The molecule has 136 valence electrons. The third kappa shape index (κ3) is 8.64. The summed E-state index contributed by atoms with van der Waals surface area (Å²) in [7, 11) is 0. The van der Waals surface area contributed by atoms with Crippen LogP contribution in [-0.2, 0) is 4.79 Å². The molecule has 11 nitrogen and oxygen atoms in total. The average molecular weight is 338 g/mol. The van der Waals surface area contributed by atoms with E-state index in [1.165, 1.54) is 0 Å². The van der Waals surface area contributed by atoms with Crippen LogP contribution >= 0.6 is 0 Å². The van der Waals surface area contributed by atoms with Crippen LogP contribution in [0.25, 0.3) is 0 Å². The van der Waals surface area contributed by atoms with E-state index < -0.39 is 43.0 Å². The molecule has 23 heavy (non-hydrogen) atoms. The number of nitrogens with two attached hydrogens (primary N) is 2. The van der Waals surface area contributed by atoms with E-state index in [1.54, 1.807) is 0 Å². The van der Waals surface area contributed by atoms with Crippen LogP contribution < -0.4 is 16.8 Å². The molecule has 11 N–H and O–H groups in total. The molecule has 0 radical (unpaired) electrons. The van der Waals surface area contributed by atoms with Crippen molar-refractivity contribution in [1.82, 2.24) is 5.32 Å². The van der Waals surface area contributed by atoms with Crippen LogP contribution in [0.2, 0.25) is 0 Å². The zero-order valence-corrected chi connectivity index (χ0v) is 12.6. The highest BCUT2D eigenvalue weighted by Gasteiger charge is 2.30. The quantitative estimate of drug-likeness (QED) is 0.0944. The molecule has 0 amide bonds. The van der Waals surface area contributed by atoms with E-state index >= 15 is 0 Å². The lowest BCUT2D eigenvalue weighted by Gasteiger charge is -2.26. The maximum atomic E-state index is 11.1. The second-order valence-corrected chi connectivity index (χ2v) is 5.05. The molecule has 0 saturated heterocycles. The van der Waals surface area contributed by atoms with Crippen LogP contribution in [0.15, 0.2) is 4.99 Å². The predicted molar refractivity (Wildman–Crippen MR) is 80.5 cm³/mol. The number of hydrogen-bond acceptors (Lipinski definition) is 8. The van der Waals surface area contributed by atoms with Crippen molar-refractivity contribution in [3.05, 3.63) is 0 Å². The van der Waals surface area contributed by atoms with Gasteiger partial charge >= 0.3 is 5.97 Å². The van der Waals surface area contributed by atoms with Crippen molar-refractivity contribution in [3.63, 3.8) is 0 Å². The first kappa shape index (κ1) is 21.5. The predicted octanol–water partition coefficient (Wildman–Crippen LogP) is -4.48. The number of hydrogen-bond donors (Lipinski definition) is 9. The number of nitrogens with zero attached hydrogens (tertiary/aromatic N) is 1. The van der Waals surface area contributed by atoms with Crippen LogP contribution in [0.3, 0.4) is 0 Å². The topological polar surface area (TPSA) is 215 Å². The largest absolute Gasteiger partial charge is 0.480 e. The Balaban J connectivity index is 4.34. The van der Waals surface area contributed by atoms with Gasteiger partial charge in [-0.15, -0.1) is 0 Å². The van der Waals surface area contributed by atoms with Gasteiger partial charge in [0.2, 0.25) is 0 Å². The summed E-state index contributed by atoms with van der Waals surface area (Å²) < 4.78 is 0. The molecule has 0 fully saturated rings. The van der Waals surface area contributed by atoms with Crippen molar-refractivity contribution in [2.75, 3.05) is 19.7 Å². The molecule has 0 rings (SSSR count). The van der Waals surface area contributed by atoms with Gasteiger partial charge in [-0.1, -0.05) is 0 Å². The molecular formula is C12H26N4O7. The van der Waals surface area contributed by atoms with Crippen molar-refractivity contribution in [2.45, 2.75) is 43.3 Å². The van der Waals surface area contributed by atoms with Gasteiger partial charge in [0.15, 0.2) is 5.96 Å². The Hall–Kier alpha value is -1.50. The van der Waals surface area contributed by atoms with Crippen molar-refractivity contribution in [3.8, 4) is 0 Å². The molecule has 0 aliphatic heterocycles. The summed E-state index contributed by atoms with van der Waals surface area (Å²) in [5.41, 5.74) is 10.3. The minimum absolute atomic E-state index is 0.0974. The Labute approximate surface area is 133 Å². The normalized spacial score (nSPS) is 17.8. The fraction of sp³-hybridized carbons (Fsp3) is 0.833. The van der Waals surface area contributed by atoms with E-state index in [-0.39, 0.29) is 25.5 Å². The molecule has 0 saturated carbocycles. The van der Waals surface area contributed by atoms with Gasteiger partial charge in [-0.2, -0.15) is 0 Å². The summed E-state index contributed by atoms with van der Waals surface area (Å²) in [4.78, 5) is 14.8. The van der Waals surface area contributed by atoms with Gasteiger partial charge in [-0.05, 0) is 12.8 Å². The summed E-state index contributed by atoms with van der Waals surface area (Å²) >= 11 is 0. The Bertz CT molecular complexity index is 378. The third-order valence-corrected chi connectivity index (χ3v) is 3.14. The first-order chi connectivity index (χ1) is 10.7. The zero-order valence-electron chi connectivity index (χ0n) is 12.6. The van der Waals surface area contributed by atoms with E-state index in [1.807, 2.05) is 0 Å². The summed E-state index contributed by atoms with van der Waals surface area (Å²) in [6.07, 6.45) is -6.11. The highest BCUT2D eigenvalue weighted by molar-refractivity contribution is 5.75. The van der Waals surface area contributed by atoms with Gasteiger partial charge in [-0.3, -0.25) is 9.79 Å². The molecular weight excluding hydrogens is 312 g/mol. The van der Waals surface area contributed by atoms with Gasteiger partial charge in [-0.25, -0.2) is 0 Å². The Morgan fingerprint density at radius 3 is 2.13 bits per heavy atom. The highest BCUT2D eigenvalue weighted by atomic mass is 16.4. The Kier molecular flexibility index (Phi) is 10.4. The number of aliphatic carboxylic acids is 1. The number of nitrogens with one attached hydrogen (secondary N) is 1. The average Bonchev–Trinajstić information content (AvgIpc) is 2.50. The number of aliphatic imine (C=N–C) groups is 1.